The Balaban J connectivity index is 2.86. The fraction of sp³-hybridized carbons (Fsp3) is 0.611. The van der Waals surface area contributed by atoms with Gasteiger partial charge in [0, 0.05) is 24.1 Å². The largest absolute Gasteiger partial charge is 0.491 e. The summed E-state index contributed by atoms with van der Waals surface area (Å²) in [4.78, 5) is 24.2. The number of nitrogens with zero attached hydrogens (tertiary/aromatic N) is 2. The second-order valence-electron chi connectivity index (χ2n) is 6.83. The molecule has 0 saturated carbocycles. The van der Waals surface area contributed by atoms with Gasteiger partial charge in [-0.05, 0) is 12.3 Å². The number of hydrogen-bond donors (Lipinski definition) is 1. The number of aromatic nitrogens is 2. The number of halogens is 2. The molecule has 26 heavy (non-hydrogen) atoms. The highest BCUT2D eigenvalue weighted by Crippen LogP contribution is 2.22. The van der Waals surface area contributed by atoms with E-state index in [1.165, 1.54) is 6.07 Å². The maximum atomic E-state index is 12.2. The maximum absolute atomic E-state index is 12.2. The number of hydrogen-bond acceptors (Lipinski definition) is 4. The SMILES string of the molecule is C=C(CCC(F)F)NC(=O)Cn1nc(C(C)C)c(OCC(C)C)cc1=O. The van der Waals surface area contributed by atoms with Crippen LogP contribution in [0.15, 0.2) is 23.1 Å². The van der Waals surface area contributed by atoms with Crippen molar-refractivity contribution < 1.29 is 18.3 Å². The third-order valence-corrected chi connectivity index (χ3v) is 3.38. The van der Waals surface area contributed by atoms with Crippen molar-refractivity contribution in [3.8, 4) is 5.75 Å². The van der Waals surface area contributed by atoms with Crippen molar-refractivity contribution in [2.24, 2.45) is 5.92 Å². The molecule has 0 bridgehead atoms. The Hall–Kier alpha value is -2.25. The predicted octanol–water partition coefficient (Wildman–Crippen LogP) is 3.08. The van der Waals surface area contributed by atoms with Crippen LogP contribution in [0.2, 0.25) is 0 Å². The van der Waals surface area contributed by atoms with Crippen molar-refractivity contribution in [2.45, 2.75) is 59.4 Å². The molecule has 1 aromatic rings. The quantitative estimate of drug-likeness (QED) is 0.686. The summed E-state index contributed by atoms with van der Waals surface area (Å²) in [5, 5.41) is 6.66. The normalized spacial score (nSPS) is 11.3. The minimum atomic E-state index is -2.46. The van der Waals surface area contributed by atoms with Gasteiger partial charge in [0.05, 0.1) is 6.61 Å². The standard InChI is InChI=1S/C18H27F2N3O3/c1-11(2)10-26-14-8-17(25)23(22-18(14)12(3)4)9-16(24)21-13(5)6-7-15(19)20/h8,11-12,15H,5-7,9-10H2,1-4H3,(H,21,24). The van der Waals surface area contributed by atoms with Crippen molar-refractivity contribution in [1.82, 2.24) is 15.1 Å². The van der Waals surface area contributed by atoms with E-state index in [-0.39, 0.29) is 31.0 Å². The lowest BCUT2D eigenvalue weighted by Crippen LogP contribution is -2.34. The highest BCUT2D eigenvalue weighted by Gasteiger charge is 2.16. The van der Waals surface area contributed by atoms with E-state index in [1.807, 2.05) is 27.7 Å². The molecule has 1 N–H and O–H groups in total. The summed E-state index contributed by atoms with van der Waals surface area (Å²) in [6, 6.07) is 1.32. The molecule has 6 nitrogen and oxygen atoms in total. The third-order valence-electron chi connectivity index (χ3n) is 3.38. The number of nitrogens with one attached hydrogen (secondary N) is 1. The summed E-state index contributed by atoms with van der Waals surface area (Å²) < 4.78 is 31.1. The monoisotopic (exact) mass is 371 g/mol. The van der Waals surface area contributed by atoms with Gasteiger partial charge in [-0.2, -0.15) is 5.10 Å². The lowest BCUT2D eigenvalue weighted by Gasteiger charge is -2.16. The Morgan fingerprint density at radius 1 is 1.35 bits per heavy atom. The molecule has 0 spiro atoms. The van der Waals surface area contributed by atoms with Gasteiger partial charge in [0.15, 0.2) is 0 Å². The van der Waals surface area contributed by atoms with Gasteiger partial charge in [0.25, 0.3) is 5.56 Å². The molecule has 0 aliphatic carbocycles. The molecular formula is C18H27F2N3O3. The zero-order valence-electron chi connectivity index (χ0n) is 15.7. The summed E-state index contributed by atoms with van der Waals surface area (Å²) in [7, 11) is 0. The summed E-state index contributed by atoms with van der Waals surface area (Å²) in [6.07, 6.45) is -2.86. The molecule has 1 aromatic heterocycles. The van der Waals surface area contributed by atoms with E-state index in [0.717, 1.165) is 4.68 Å². The summed E-state index contributed by atoms with van der Waals surface area (Å²) in [5.41, 5.74) is 0.292. The lowest BCUT2D eigenvalue weighted by atomic mass is 10.1. The number of ether oxygens (including phenoxy) is 1. The van der Waals surface area contributed by atoms with Crippen LogP contribution in [0.4, 0.5) is 8.78 Å². The number of carbonyl (C=O) groups is 1. The number of carbonyl (C=O) groups excluding carboxylic acids is 1. The molecule has 0 aliphatic rings. The molecule has 1 amide bonds. The van der Waals surface area contributed by atoms with Crippen LogP contribution >= 0.6 is 0 Å². The van der Waals surface area contributed by atoms with Crippen LogP contribution in [0.1, 0.15) is 52.1 Å². The molecule has 0 radical (unpaired) electrons. The first-order chi connectivity index (χ1) is 12.1. The van der Waals surface area contributed by atoms with Crippen molar-refractivity contribution in [1.29, 1.82) is 0 Å². The van der Waals surface area contributed by atoms with Gasteiger partial charge in [0.2, 0.25) is 12.3 Å². The molecule has 0 fully saturated rings. The highest BCUT2D eigenvalue weighted by molar-refractivity contribution is 5.77. The van der Waals surface area contributed by atoms with Crippen molar-refractivity contribution in [3.05, 3.63) is 34.4 Å². The van der Waals surface area contributed by atoms with E-state index >= 15 is 0 Å². The third kappa shape index (κ3) is 7.33. The average Bonchev–Trinajstić information content (AvgIpc) is 2.52. The van der Waals surface area contributed by atoms with Crippen molar-refractivity contribution >= 4 is 5.91 Å². The molecule has 0 unspecified atom stereocenters. The lowest BCUT2D eigenvalue weighted by molar-refractivity contribution is -0.121. The number of allylic oxidation sites excluding steroid dienone is 1. The van der Waals surface area contributed by atoms with Gasteiger partial charge < -0.3 is 10.1 Å². The van der Waals surface area contributed by atoms with Gasteiger partial charge in [-0.3, -0.25) is 9.59 Å². The molecule has 0 atom stereocenters. The summed E-state index contributed by atoms with van der Waals surface area (Å²) >= 11 is 0. The van der Waals surface area contributed by atoms with Crippen molar-refractivity contribution in [2.75, 3.05) is 6.61 Å². The molecule has 0 aromatic carbocycles. The Morgan fingerprint density at radius 2 is 2.00 bits per heavy atom. The van der Waals surface area contributed by atoms with Crippen LogP contribution in [0.25, 0.3) is 0 Å². The second-order valence-corrected chi connectivity index (χ2v) is 6.83. The first kappa shape index (κ1) is 21.8. The van der Waals surface area contributed by atoms with E-state index < -0.39 is 17.9 Å². The minimum absolute atomic E-state index is 0.00641. The van der Waals surface area contributed by atoms with Crippen LogP contribution in [-0.2, 0) is 11.3 Å². The molecule has 1 heterocycles. The fourth-order valence-electron chi connectivity index (χ4n) is 2.09. The second kappa shape index (κ2) is 10.0. The zero-order valence-corrected chi connectivity index (χ0v) is 15.7. The van der Waals surface area contributed by atoms with Crippen molar-refractivity contribution in [3.63, 3.8) is 0 Å². The molecule has 8 heteroatoms. The van der Waals surface area contributed by atoms with Crippen LogP contribution in [0.3, 0.4) is 0 Å². The van der Waals surface area contributed by atoms with E-state index in [1.54, 1.807) is 0 Å². The Labute approximate surface area is 152 Å². The maximum Gasteiger partial charge on any atom is 0.270 e. The number of amides is 1. The number of rotatable bonds is 10. The van der Waals surface area contributed by atoms with E-state index in [0.29, 0.717) is 24.0 Å². The number of alkyl halides is 2. The van der Waals surface area contributed by atoms with E-state index in [9.17, 15) is 18.4 Å². The zero-order chi connectivity index (χ0) is 19.9. The Bertz CT molecular complexity index is 685. The average molecular weight is 371 g/mol. The summed E-state index contributed by atoms with van der Waals surface area (Å²) in [5.74, 6) is 0.164. The highest BCUT2D eigenvalue weighted by atomic mass is 19.3. The molecule has 1 rings (SSSR count). The van der Waals surface area contributed by atoms with Gasteiger partial charge in [-0.25, -0.2) is 13.5 Å². The van der Waals surface area contributed by atoms with Gasteiger partial charge in [0.1, 0.15) is 18.0 Å². The van der Waals surface area contributed by atoms with Crippen LogP contribution in [0, 0.1) is 5.92 Å². The first-order valence-corrected chi connectivity index (χ1v) is 8.60. The van der Waals surface area contributed by atoms with Gasteiger partial charge in [-0.1, -0.05) is 34.3 Å². The topological polar surface area (TPSA) is 73.2 Å². The van der Waals surface area contributed by atoms with Crippen LogP contribution in [0.5, 0.6) is 5.75 Å². The molecule has 0 saturated heterocycles. The fourth-order valence-corrected chi connectivity index (χ4v) is 2.09. The first-order valence-electron chi connectivity index (χ1n) is 8.60. The van der Waals surface area contributed by atoms with E-state index in [4.69, 9.17) is 4.74 Å². The smallest absolute Gasteiger partial charge is 0.270 e. The Kier molecular flexibility index (Phi) is 8.41. The van der Waals surface area contributed by atoms with Gasteiger partial charge >= 0.3 is 0 Å². The predicted molar refractivity (Wildman–Crippen MR) is 95.4 cm³/mol. The van der Waals surface area contributed by atoms with Crippen LogP contribution < -0.4 is 15.6 Å². The van der Waals surface area contributed by atoms with Gasteiger partial charge in [-0.15, -0.1) is 0 Å². The molecule has 146 valence electrons. The minimum Gasteiger partial charge on any atom is -0.491 e. The van der Waals surface area contributed by atoms with E-state index in [2.05, 4.69) is 17.0 Å². The molecule has 0 aliphatic heterocycles. The van der Waals surface area contributed by atoms with Crippen LogP contribution in [-0.4, -0.2) is 28.7 Å². The molecular weight excluding hydrogens is 344 g/mol. The summed E-state index contributed by atoms with van der Waals surface area (Å²) in [6.45, 7) is 11.5. The Morgan fingerprint density at radius 3 is 2.54 bits per heavy atom.